The second kappa shape index (κ2) is 7.06. The van der Waals surface area contributed by atoms with Crippen molar-refractivity contribution < 1.29 is 14.8 Å². The second-order valence-electron chi connectivity index (χ2n) is 4.71. The van der Waals surface area contributed by atoms with E-state index < -0.39 is 11.0 Å². The molecular formula is C13H20N2O4. The molecule has 106 valence electrons. The Morgan fingerprint density at radius 2 is 2.16 bits per heavy atom. The van der Waals surface area contributed by atoms with Crippen LogP contribution in [0.2, 0.25) is 0 Å². The van der Waals surface area contributed by atoms with Crippen molar-refractivity contribution in [1.29, 1.82) is 0 Å². The van der Waals surface area contributed by atoms with Crippen LogP contribution in [0.5, 0.6) is 5.75 Å². The Morgan fingerprint density at radius 1 is 1.47 bits per heavy atom. The van der Waals surface area contributed by atoms with E-state index in [0.29, 0.717) is 12.1 Å². The molecule has 1 aromatic rings. The molecule has 0 spiro atoms. The maximum absolute atomic E-state index is 11.0. The minimum atomic E-state index is -0.706. The molecule has 0 radical (unpaired) electrons. The molecule has 0 fully saturated rings. The van der Waals surface area contributed by atoms with Crippen molar-refractivity contribution in [3.8, 4) is 5.75 Å². The van der Waals surface area contributed by atoms with Gasteiger partial charge < -0.3 is 15.2 Å². The van der Waals surface area contributed by atoms with Crippen LogP contribution in [0.3, 0.4) is 0 Å². The molecule has 0 aromatic heterocycles. The van der Waals surface area contributed by atoms with Crippen molar-refractivity contribution >= 4 is 5.69 Å². The number of hydrogen-bond acceptors (Lipinski definition) is 5. The van der Waals surface area contributed by atoms with Crippen LogP contribution in [0.15, 0.2) is 18.2 Å². The zero-order chi connectivity index (χ0) is 14.4. The highest BCUT2D eigenvalue weighted by Gasteiger charge is 2.19. The first-order valence-electron chi connectivity index (χ1n) is 6.20. The SMILES string of the molecule is Cc1cccc(OCC(O)CNC(C)C)c1[N+](=O)[O-]. The predicted octanol–water partition coefficient (Wildman–Crippen LogP) is 1.64. The van der Waals surface area contributed by atoms with Crippen molar-refractivity contribution in [1.82, 2.24) is 5.32 Å². The van der Waals surface area contributed by atoms with E-state index in [4.69, 9.17) is 4.74 Å². The van der Waals surface area contributed by atoms with E-state index in [1.54, 1.807) is 19.1 Å². The largest absolute Gasteiger partial charge is 0.484 e. The molecule has 0 bridgehead atoms. The topological polar surface area (TPSA) is 84.6 Å². The summed E-state index contributed by atoms with van der Waals surface area (Å²) in [6, 6.07) is 5.15. The van der Waals surface area contributed by atoms with Crippen LogP contribution >= 0.6 is 0 Å². The molecule has 0 amide bonds. The second-order valence-corrected chi connectivity index (χ2v) is 4.71. The van der Waals surface area contributed by atoms with Gasteiger partial charge in [-0.25, -0.2) is 0 Å². The molecule has 2 N–H and O–H groups in total. The Hall–Kier alpha value is -1.66. The van der Waals surface area contributed by atoms with E-state index in [1.807, 2.05) is 13.8 Å². The third-order valence-corrected chi connectivity index (χ3v) is 2.58. The highest BCUT2D eigenvalue weighted by Crippen LogP contribution is 2.30. The average Bonchev–Trinajstić information content (AvgIpc) is 2.33. The number of aryl methyl sites for hydroxylation is 1. The lowest BCUT2D eigenvalue weighted by molar-refractivity contribution is -0.386. The Balaban J connectivity index is 2.63. The van der Waals surface area contributed by atoms with Gasteiger partial charge in [0.2, 0.25) is 0 Å². The van der Waals surface area contributed by atoms with Gasteiger partial charge in [-0.3, -0.25) is 10.1 Å². The highest BCUT2D eigenvalue weighted by molar-refractivity contribution is 5.52. The molecule has 1 aromatic carbocycles. The summed E-state index contributed by atoms with van der Waals surface area (Å²) in [5.41, 5.74) is 0.490. The van der Waals surface area contributed by atoms with Gasteiger partial charge in [-0.2, -0.15) is 0 Å². The van der Waals surface area contributed by atoms with E-state index in [1.165, 1.54) is 6.07 Å². The quantitative estimate of drug-likeness (QED) is 0.580. The molecule has 0 aliphatic heterocycles. The summed E-state index contributed by atoms with van der Waals surface area (Å²) < 4.78 is 5.34. The molecule has 1 unspecified atom stereocenters. The summed E-state index contributed by atoms with van der Waals surface area (Å²) in [6.07, 6.45) is -0.706. The molecule has 0 saturated carbocycles. The minimum absolute atomic E-state index is 0.0179. The fourth-order valence-electron chi connectivity index (χ4n) is 1.60. The first kappa shape index (κ1) is 15.4. The first-order valence-corrected chi connectivity index (χ1v) is 6.20. The minimum Gasteiger partial charge on any atom is -0.484 e. The lowest BCUT2D eigenvalue weighted by Gasteiger charge is -2.15. The van der Waals surface area contributed by atoms with Crippen molar-refractivity contribution in [2.45, 2.75) is 32.9 Å². The zero-order valence-electron chi connectivity index (χ0n) is 11.4. The summed E-state index contributed by atoms with van der Waals surface area (Å²) in [6.45, 7) is 6.00. The van der Waals surface area contributed by atoms with Crippen molar-refractivity contribution in [3.05, 3.63) is 33.9 Å². The number of benzene rings is 1. The molecule has 1 atom stereocenters. The number of nitrogens with one attached hydrogen (secondary N) is 1. The lowest BCUT2D eigenvalue weighted by atomic mass is 10.2. The van der Waals surface area contributed by atoms with Gasteiger partial charge in [0.25, 0.3) is 0 Å². The molecule has 6 nitrogen and oxygen atoms in total. The third kappa shape index (κ3) is 4.84. The number of para-hydroxylation sites is 1. The molecule has 0 aliphatic rings. The van der Waals surface area contributed by atoms with Gasteiger partial charge in [-0.15, -0.1) is 0 Å². The Labute approximate surface area is 112 Å². The Bertz CT molecular complexity index is 435. The monoisotopic (exact) mass is 268 g/mol. The summed E-state index contributed by atoms with van der Waals surface area (Å²) in [4.78, 5) is 10.5. The highest BCUT2D eigenvalue weighted by atomic mass is 16.6. The van der Waals surface area contributed by atoms with Crippen molar-refractivity contribution in [2.75, 3.05) is 13.2 Å². The summed E-state index contributed by atoms with van der Waals surface area (Å²) in [7, 11) is 0. The summed E-state index contributed by atoms with van der Waals surface area (Å²) in [5.74, 6) is 0.189. The van der Waals surface area contributed by atoms with Gasteiger partial charge in [-0.1, -0.05) is 26.0 Å². The van der Waals surface area contributed by atoms with E-state index >= 15 is 0 Å². The van der Waals surface area contributed by atoms with E-state index in [9.17, 15) is 15.2 Å². The van der Waals surface area contributed by atoms with Crippen LogP contribution in [0.1, 0.15) is 19.4 Å². The lowest BCUT2D eigenvalue weighted by Crippen LogP contribution is -2.35. The Morgan fingerprint density at radius 3 is 2.74 bits per heavy atom. The third-order valence-electron chi connectivity index (χ3n) is 2.58. The van der Waals surface area contributed by atoms with Gasteiger partial charge in [0, 0.05) is 18.2 Å². The maximum atomic E-state index is 11.0. The normalized spacial score (nSPS) is 12.5. The van der Waals surface area contributed by atoms with Gasteiger partial charge in [0.1, 0.15) is 12.7 Å². The smallest absolute Gasteiger partial charge is 0.313 e. The van der Waals surface area contributed by atoms with Crippen LogP contribution in [-0.4, -0.2) is 35.3 Å². The number of nitro benzene ring substituents is 1. The fourth-order valence-corrected chi connectivity index (χ4v) is 1.60. The molecule has 0 heterocycles. The number of nitrogens with zero attached hydrogens (tertiary/aromatic N) is 1. The van der Waals surface area contributed by atoms with Gasteiger partial charge in [0.15, 0.2) is 5.75 Å². The molecule has 0 saturated heterocycles. The average molecular weight is 268 g/mol. The van der Waals surface area contributed by atoms with Crippen LogP contribution < -0.4 is 10.1 Å². The van der Waals surface area contributed by atoms with Crippen molar-refractivity contribution in [2.24, 2.45) is 0 Å². The number of aliphatic hydroxyl groups is 1. The summed E-state index contributed by atoms with van der Waals surface area (Å²) in [5, 5.41) is 23.7. The molecule has 6 heteroatoms. The van der Waals surface area contributed by atoms with E-state index in [2.05, 4.69) is 5.32 Å². The number of nitro groups is 1. The number of ether oxygens (including phenoxy) is 1. The van der Waals surface area contributed by atoms with Gasteiger partial charge in [0.05, 0.1) is 4.92 Å². The molecule has 0 aliphatic carbocycles. The van der Waals surface area contributed by atoms with Gasteiger partial charge in [-0.05, 0) is 13.0 Å². The van der Waals surface area contributed by atoms with Gasteiger partial charge >= 0.3 is 5.69 Å². The van der Waals surface area contributed by atoms with Crippen molar-refractivity contribution in [3.63, 3.8) is 0 Å². The zero-order valence-corrected chi connectivity index (χ0v) is 11.4. The first-order chi connectivity index (χ1) is 8.91. The van der Waals surface area contributed by atoms with Crippen LogP contribution in [0.4, 0.5) is 5.69 Å². The van der Waals surface area contributed by atoms with E-state index in [-0.39, 0.29) is 24.1 Å². The molecular weight excluding hydrogens is 248 g/mol. The van der Waals surface area contributed by atoms with Crippen LogP contribution in [0, 0.1) is 17.0 Å². The standard InChI is InChI=1S/C13H20N2O4/c1-9(2)14-7-11(16)8-19-12-6-4-5-10(3)13(12)15(17)18/h4-6,9,11,14,16H,7-8H2,1-3H3. The fraction of sp³-hybridized carbons (Fsp3) is 0.538. The molecule has 19 heavy (non-hydrogen) atoms. The van der Waals surface area contributed by atoms with Crippen LogP contribution in [-0.2, 0) is 0 Å². The number of hydrogen-bond donors (Lipinski definition) is 2. The predicted molar refractivity (Wildman–Crippen MR) is 72.5 cm³/mol. The number of rotatable bonds is 7. The van der Waals surface area contributed by atoms with E-state index in [0.717, 1.165) is 0 Å². The number of aliphatic hydroxyl groups excluding tert-OH is 1. The summed E-state index contributed by atoms with van der Waals surface area (Å²) >= 11 is 0. The van der Waals surface area contributed by atoms with Crippen LogP contribution in [0.25, 0.3) is 0 Å². The molecule has 1 rings (SSSR count). The maximum Gasteiger partial charge on any atom is 0.313 e. The Kier molecular flexibility index (Phi) is 5.72.